The van der Waals surface area contributed by atoms with Gasteiger partial charge in [-0.1, -0.05) is 18.2 Å². The maximum Gasteiger partial charge on any atom is 0.162 e. The molecule has 0 saturated heterocycles. The zero-order valence-electron chi connectivity index (χ0n) is 18.0. The van der Waals surface area contributed by atoms with E-state index in [-0.39, 0.29) is 0 Å². The van der Waals surface area contributed by atoms with E-state index in [0.717, 1.165) is 54.3 Å². The van der Waals surface area contributed by atoms with Crippen molar-refractivity contribution in [2.24, 2.45) is 0 Å². The summed E-state index contributed by atoms with van der Waals surface area (Å²) in [6.45, 7) is 5.27. The Bertz CT molecular complexity index is 1200. The van der Waals surface area contributed by atoms with Crippen LogP contribution in [0.5, 0.6) is 5.75 Å². The van der Waals surface area contributed by atoms with E-state index in [1.54, 1.807) is 12.4 Å². The van der Waals surface area contributed by atoms with E-state index in [1.807, 2.05) is 37.5 Å². The molecule has 1 aliphatic heterocycles. The molecule has 5 rings (SSSR count). The fourth-order valence-electron chi connectivity index (χ4n) is 3.92. The van der Waals surface area contributed by atoms with Crippen LogP contribution < -0.4 is 4.74 Å². The van der Waals surface area contributed by atoms with Gasteiger partial charge in [0.05, 0.1) is 23.6 Å². The summed E-state index contributed by atoms with van der Waals surface area (Å²) < 4.78 is 5.60. The van der Waals surface area contributed by atoms with Crippen molar-refractivity contribution < 1.29 is 4.74 Å². The fourth-order valence-corrected chi connectivity index (χ4v) is 3.92. The van der Waals surface area contributed by atoms with E-state index in [1.165, 1.54) is 17.5 Å². The highest BCUT2D eigenvalue weighted by Crippen LogP contribution is 2.24. The maximum absolute atomic E-state index is 5.60. The first-order valence-electron chi connectivity index (χ1n) is 10.8. The number of pyridine rings is 1. The second-order valence-electron chi connectivity index (χ2n) is 7.77. The van der Waals surface area contributed by atoms with E-state index >= 15 is 0 Å². The maximum atomic E-state index is 5.60. The number of fused-ring (bicyclic) bond motifs is 1. The molecule has 160 valence electrons. The molecule has 0 fully saturated rings. The van der Waals surface area contributed by atoms with Gasteiger partial charge in [-0.2, -0.15) is 0 Å². The molecular formula is C25H24N6O. The molecule has 7 heteroatoms. The topological polar surface area (TPSA) is 76.9 Å². The highest BCUT2D eigenvalue weighted by molar-refractivity contribution is 5.61. The third-order valence-electron chi connectivity index (χ3n) is 5.50. The summed E-state index contributed by atoms with van der Waals surface area (Å²) in [6.07, 6.45) is 9.80. The Kier molecular flexibility index (Phi) is 5.81. The monoisotopic (exact) mass is 424 g/mol. The second kappa shape index (κ2) is 9.20. The number of rotatable bonds is 6. The van der Waals surface area contributed by atoms with E-state index in [4.69, 9.17) is 9.72 Å². The van der Waals surface area contributed by atoms with Crippen molar-refractivity contribution >= 4 is 0 Å². The van der Waals surface area contributed by atoms with Crippen molar-refractivity contribution in [3.8, 4) is 28.4 Å². The van der Waals surface area contributed by atoms with Gasteiger partial charge in [-0.3, -0.25) is 9.88 Å². The molecule has 32 heavy (non-hydrogen) atoms. The van der Waals surface area contributed by atoms with Gasteiger partial charge in [0.2, 0.25) is 0 Å². The van der Waals surface area contributed by atoms with Gasteiger partial charge >= 0.3 is 0 Å². The van der Waals surface area contributed by atoms with Gasteiger partial charge < -0.3 is 4.74 Å². The Labute approximate surface area is 187 Å². The number of ether oxygens (including phenoxy) is 1. The number of hydrogen-bond donors (Lipinski definition) is 0. The molecule has 0 saturated carbocycles. The number of nitrogens with zero attached hydrogens (tertiary/aromatic N) is 6. The van der Waals surface area contributed by atoms with Crippen LogP contribution in [-0.2, 0) is 19.5 Å². The van der Waals surface area contributed by atoms with E-state index < -0.39 is 0 Å². The molecule has 0 N–H and O–H groups in total. The summed E-state index contributed by atoms with van der Waals surface area (Å²) in [6, 6.07) is 12.3. The van der Waals surface area contributed by atoms with Crippen LogP contribution in [0.4, 0.5) is 0 Å². The molecule has 1 aromatic carbocycles. The summed E-state index contributed by atoms with van der Waals surface area (Å²) in [5, 5.41) is 0. The molecule has 0 bridgehead atoms. The molecular weight excluding hydrogens is 400 g/mol. The van der Waals surface area contributed by atoms with Crippen LogP contribution in [-0.4, -0.2) is 43.0 Å². The van der Waals surface area contributed by atoms with Crippen LogP contribution in [0.15, 0.2) is 67.5 Å². The summed E-state index contributed by atoms with van der Waals surface area (Å²) in [4.78, 5) is 24.5. The Morgan fingerprint density at radius 1 is 0.969 bits per heavy atom. The Balaban J connectivity index is 1.25. The highest BCUT2D eigenvalue weighted by atomic mass is 16.5. The minimum Gasteiger partial charge on any atom is -0.494 e. The molecule has 0 amide bonds. The zero-order chi connectivity index (χ0) is 21.8. The van der Waals surface area contributed by atoms with Crippen molar-refractivity contribution in [2.75, 3.05) is 13.2 Å². The second-order valence-corrected chi connectivity index (χ2v) is 7.77. The van der Waals surface area contributed by atoms with Crippen LogP contribution in [0.3, 0.4) is 0 Å². The molecule has 0 radical (unpaired) electrons. The first-order chi connectivity index (χ1) is 15.8. The van der Waals surface area contributed by atoms with Crippen LogP contribution in [0.1, 0.15) is 23.7 Å². The molecule has 3 aromatic heterocycles. The van der Waals surface area contributed by atoms with Crippen LogP contribution in [0, 0.1) is 0 Å². The Morgan fingerprint density at radius 2 is 1.88 bits per heavy atom. The average Bonchev–Trinajstić information content (AvgIpc) is 2.85. The highest BCUT2D eigenvalue weighted by Gasteiger charge is 2.19. The zero-order valence-corrected chi connectivity index (χ0v) is 18.0. The van der Waals surface area contributed by atoms with E-state index in [2.05, 4.69) is 43.0 Å². The lowest BCUT2D eigenvalue weighted by Crippen LogP contribution is -2.31. The summed E-state index contributed by atoms with van der Waals surface area (Å²) in [5.41, 5.74) is 6.33. The standard InChI is InChI=1S/C25H24N6O/c1-2-32-22-5-3-4-19(10-22)23-7-6-18(11-28-23)15-31-9-8-24-21(16-31)14-29-25(30-24)20-12-26-17-27-13-20/h3-7,10-14,17H,2,8-9,15-16H2,1H3. The lowest BCUT2D eigenvalue weighted by atomic mass is 10.1. The van der Waals surface area contributed by atoms with Gasteiger partial charge in [0.25, 0.3) is 0 Å². The normalized spacial score (nSPS) is 13.5. The van der Waals surface area contributed by atoms with Gasteiger partial charge in [0.1, 0.15) is 12.1 Å². The van der Waals surface area contributed by atoms with Crippen LogP contribution in [0.25, 0.3) is 22.6 Å². The third-order valence-corrected chi connectivity index (χ3v) is 5.50. The van der Waals surface area contributed by atoms with Crippen molar-refractivity contribution in [3.05, 3.63) is 84.3 Å². The molecule has 0 unspecified atom stereocenters. The van der Waals surface area contributed by atoms with Gasteiger partial charge in [-0.15, -0.1) is 0 Å². The van der Waals surface area contributed by atoms with Gasteiger partial charge in [-0.25, -0.2) is 19.9 Å². The summed E-state index contributed by atoms with van der Waals surface area (Å²) >= 11 is 0. The quantitative estimate of drug-likeness (QED) is 0.464. The van der Waals surface area contributed by atoms with Gasteiger partial charge in [-0.05, 0) is 30.7 Å². The first kappa shape index (κ1) is 20.2. The predicted molar refractivity (Wildman–Crippen MR) is 122 cm³/mol. The number of aromatic nitrogens is 5. The van der Waals surface area contributed by atoms with E-state index in [0.29, 0.717) is 12.4 Å². The summed E-state index contributed by atoms with van der Waals surface area (Å²) in [5.74, 6) is 1.55. The molecule has 0 spiro atoms. The van der Waals surface area contributed by atoms with Gasteiger partial charge in [0, 0.05) is 62.0 Å². The fraction of sp³-hybridized carbons (Fsp3) is 0.240. The summed E-state index contributed by atoms with van der Waals surface area (Å²) in [7, 11) is 0. The molecule has 4 aromatic rings. The minimum atomic E-state index is 0.655. The Morgan fingerprint density at radius 3 is 2.69 bits per heavy atom. The van der Waals surface area contributed by atoms with Gasteiger partial charge in [0.15, 0.2) is 5.82 Å². The molecule has 4 heterocycles. The SMILES string of the molecule is CCOc1cccc(-c2ccc(CN3CCc4nc(-c5cncnc5)ncc4C3)cn2)c1. The number of hydrogen-bond acceptors (Lipinski definition) is 7. The molecule has 1 aliphatic rings. The smallest absolute Gasteiger partial charge is 0.162 e. The Hall–Kier alpha value is -3.71. The van der Waals surface area contributed by atoms with Crippen molar-refractivity contribution in [1.29, 1.82) is 0 Å². The average molecular weight is 425 g/mol. The molecule has 7 nitrogen and oxygen atoms in total. The lowest BCUT2D eigenvalue weighted by molar-refractivity contribution is 0.242. The first-order valence-corrected chi connectivity index (χ1v) is 10.8. The van der Waals surface area contributed by atoms with E-state index in [9.17, 15) is 0 Å². The van der Waals surface area contributed by atoms with Crippen molar-refractivity contribution in [1.82, 2.24) is 29.8 Å². The van der Waals surface area contributed by atoms with Crippen LogP contribution in [0.2, 0.25) is 0 Å². The van der Waals surface area contributed by atoms with Crippen molar-refractivity contribution in [3.63, 3.8) is 0 Å². The largest absolute Gasteiger partial charge is 0.494 e. The van der Waals surface area contributed by atoms with Crippen molar-refractivity contribution in [2.45, 2.75) is 26.4 Å². The molecule has 0 atom stereocenters. The van der Waals surface area contributed by atoms with Crippen LogP contribution >= 0.6 is 0 Å². The molecule has 0 aliphatic carbocycles. The lowest BCUT2D eigenvalue weighted by Gasteiger charge is -2.28. The number of benzene rings is 1. The third kappa shape index (κ3) is 4.48. The minimum absolute atomic E-state index is 0.655. The predicted octanol–water partition coefficient (Wildman–Crippen LogP) is 3.95.